The van der Waals surface area contributed by atoms with Crippen molar-refractivity contribution >= 4 is 17.6 Å². The number of anilines is 1. The van der Waals surface area contributed by atoms with E-state index >= 15 is 0 Å². The van der Waals surface area contributed by atoms with Crippen LogP contribution in [0.25, 0.3) is 0 Å². The van der Waals surface area contributed by atoms with Crippen LogP contribution in [0.4, 0.5) is 10.1 Å². The molecule has 0 saturated carbocycles. The van der Waals surface area contributed by atoms with Crippen LogP contribution in [0, 0.1) is 11.7 Å². The maximum Gasteiger partial charge on any atom is 0.340 e. The van der Waals surface area contributed by atoms with Gasteiger partial charge in [-0.15, -0.1) is 0 Å². The minimum atomic E-state index is -0.725. The van der Waals surface area contributed by atoms with E-state index in [1.54, 1.807) is 0 Å². The third kappa shape index (κ3) is 3.77. The molecule has 0 aromatic heterocycles. The van der Waals surface area contributed by atoms with Gasteiger partial charge in [0.2, 0.25) is 5.91 Å². The lowest BCUT2D eigenvalue weighted by molar-refractivity contribution is -0.118. The van der Waals surface area contributed by atoms with Crippen LogP contribution >= 0.6 is 0 Å². The predicted molar refractivity (Wildman–Crippen MR) is 73.8 cm³/mol. The Balaban J connectivity index is 2.97. The molecule has 1 rings (SSSR count). The van der Waals surface area contributed by atoms with Gasteiger partial charge in [0.25, 0.3) is 0 Å². The highest BCUT2D eigenvalue weighted by molar-refractivity contribution is 6.02. The Hall–Kier alpha value is -1.95. The zero-order valence-corrected chi connectivity index (χ0v) is 11.8. The lowest BCUT2D eigenvalue weighted by atomic mass is 9.99. The summed E-state index contributed by atoms with van der Waals surface area (Å²) in [6, 6.07) is 2.77. The fourth-order valence-corrected chi connectivity index (χ4v) is 1.63. The number of halogens is 1. The van der Waals surface area contributed by atoms with Gasteiger partial charge in [-0.05, 0) is 24.1 Å². The van der Waals surface area contributed by atoms with Crippen molar-refractivity contribution in [3.8, 4) is 0 Å². The van der Waals surface area contributed by atoms with Crippen molar-refractivity contribution in [3.63, 3.8) is 0 Å². The molecular formula is C14H19FN2O3. The highest BCUT2D eigenvalue weighted by atomic mass is 19.1. The first-order valence-corrected chi connectivity index (χ1v) is 6.35. The molecule has 110 valence electrons. The molecule has 1 amide bonds. The lowest BCUT2D eigenvalue weighted by Crippen LogP contribution is -2.40. The highest BCUT2D eigenvalue weighted by Crippen LogP contribution is 2.19. The van der Waals surface area contributed by atoms with E-state index in [-0.39, 0.29) is 17.2 Å². The summed E-state index contributed by atoms with van der Waals surface area (Å²) >= 11 is 0. The molecule has 20 heavy (non-hydrogen) atoms. The summed E-state index contributed by atoms with van der Waals surface area (Å²) in [5.74, 6) is -1.74. The van der Waals surface area contributed by atoms with Crippen LogP contribution in [-0.2, 0) is 9.53 Å². The van der Waals surface area contributed by atoms with Gasteiger partial charge < -0.3 is 15.8 Å². The molecule has 0 unspecified atom stereocenters. The third-order valence-electron chi connectivity index (χ3n) is 3.20. The molecule has 0 heterocycles. The average molecular weight is 282 g/mol. The van der Waals surface area contributed by atoms with Crippen LogP contribution in [0.15, 0.2) is 18.2 Å². The summed E-state index contributed by atoms with van der Waals surface area (Å²) in [5.41, 5.74) is 5.94. The van der Waals surface area contributed by atoms with Crippen LogP contribution in [0.2, 0.25) is 0 Å². The minimum absolute atomic E-state index is 0.00275. The van der Waals surface area contributed by atoms with E-state index in [1.807, 2.05) is 13.8 Å². The smallest absolute Gasteiger partial charge is 0.340 e. The molecule has 0 radical (unpaired) electrons. The zero-order valence-electron chi connectivity index (χ0n) is 11.8. The van der Waals surface area contributed by atoms with E-state index < -0.39 is 23.7 Å². The van der Waals surface area contributed by atoms with Gasteiger partial charge in [-0.3, -0.25) is 4.79 Å². The molecule has 2 atom stereocenters. The summed E-state index contributed by atoms with van der Waals surface area (Å²) in [6.45, 7) is 3.78. The summed E-state index contributed by atoms with van der Waals surface area (Å²) in [4.78, 5) is 23.5. The number of nitrogens with two attached hydrogens (primary N) is 1. The predicted octanol–water partition coefficient (Wildman–Crippen LogP) is 1.92. The first-order chi connectivity index (χ1) is 9.40. The first kappa shape index (κ1) is 16.1. The Morgan fingerprint density at radius 3 is 2.65 bits per heavy atom. The highest BCUT2D eigenvalue weighted by Gasteiger charge is 2.22. The Morgan fingerprint density at radius 1 is 1.45 bits per heavy atom. The van der Waals surface area contributed by atoms with E-state index in [4.69, 9.17) is 5.73 Å². The number of amides is 1. The van der Waals surface area contributed by atoms with E-state index in [1.165, 1.54) is 13.2 Å². The molecule has 0 aliphatic rings. The minimum Gasteiger partial charge on any atom is -0.465 e. The molecule has 0 saturated heterocycles. The number of hydrogen-bond donors (Lipinski definition) is 2. The summed E-state index contributed by atoms with van der Waals surface area (Å²) < 4.78 is 17.7. The van der Waals surface area contributed by atoms with Gasteiger partial charge in [0.1, 0.15) is 5.82 Å². The van der Waals surface area contributed by atoms with E-state index in [9.17, 15) is 14.0 Å². The van der Waals surface area contributed by atoms with Crippen LogP contribution < -0.4 is 11.1 Å². The molecule has 5 nitrogen and oxygen atoms in total. The fraction of sp³-hybridized carbons (Fsp3) is 0.429. The van der Waals surface area contributed by atoms with Crippen molar-refractivity contribution in [2.24, 2.45) is 11.7 Å². The fourth-order valence-electron chi connectivity index (χ4n) is 1.63. The molecule has 6 heteroatoms. The van der Waals surface area contributed by atoms with Crippen molar-refractivity contribution in [2.45, 2.75) is 26.3 Å². The van der Waals surface area contributed by atoms with Crippen LogP contribution in [0.5, 0.6) is 0 Å². The number of ether oxygens (including phenoxy) is 1. The van der Waals surface area contributed by atoms with Gasteiger partial charge in [-0.25, -0.2) is 9.18 Å². The number of benzene rings is 1. The Labute approximate surface area is 117 Å². The second-order valence-electron chi connectivity index (χ2n) is 4.58. The molecule has 1 aromatic rings. The zero-order chi connectivity index (χ0) is 15.3. The normalized spacial score (nSPS) is 13.4. The summed E-state index contributed by atoms with van der Waals surface area (Å²) in [5, 5.41) is 2.54. The largest absolute Gasteiger partial charge is 0.465 e. The van der Waals surface area contributed by atoms with E-state index in [0.29, 0.717) is 0 Å². The van der Waals surface area contributed by atoms with Gasteiger partial charge in [0.15, 0.2) is 0 Å². The number of methoxy groups -OCH3 is 1. The molecule has 0 aliphatic heterocycles. The van der Waals surface area contributed by atoms with E-state index in [2.05, 4.69) is 10.1 Å². The van der Waals surface area contributed by atoms with Crippen molar-refractivity contribution in [3.05, 3.63) is 29.6 Å². The summed E-state index contributed by atoms with van der Waals surface area (Å²) in [7, 11) is 1.18. The van der Waals surface area contributed by atoms with Crippen molar-refractivity contribution in [2.75, 3.05) is 12.4 Å². The third-order valence-corrected chi connectivity index (χ3v) is 3.20. The quantitative estimate of drug-likeness (QED) is 0.808. The van der Waals surface area contributed by atoms with Gasteiger partial charge in [0.05, 0.1) is 24.4 Å². The molecule has 3 N–H and O–H groups in total. The molecule has 1 aromatic carbocycles. The monoisotopic (exact) mass is 282 g/mol. The lowest BCUT2D eigenvalue weighted by Gasteiger charge is -2.18. The molecule has 0 spiro atoms. The number of nitrogens with one attached hydrogen (secondary N) is 1. The second-order valence-corrected chi connectivity index (χ2v) is 4.58. The van der Waals surface area contributed by atoms with Crippen molar-refractivity contribution in [1.29, 1.82) is 0 Å². The molecule has 0 aliphatic carbocycles. The molecule has 0 fully saturated rings. The average Bonchev–Trinajstić information content (AvgIpc) is 2.46. The maximum atomic E-state index is 13.2. The van der Waals surface area contributed by atoms with Gasteiger partial charge in [-0.2, -0.15) is 0 Å². The second kappa shape index (κ2) is 7.00. The Bertz CT molecular complexity index is 505. The van der Waals surface area contributed by atoms with Crippen LogP contribution in [0.1, 0.15) is 30.6 Å². The van der Waals surface area contributed by atoms with Crippen molar-refractivity contribution in [1.82, 2.24) is 0 Å². The molecular weight excluding hydrogens is 263 g/mol. The number of rotatable bonds is 5. The summed E-state index contributed by atoms with van der Waals surface area (Å²) in [6.07, 6.45) is 0.752. The number of hydrogen-bond acceptors (Lipinski definition) is 4. The Morgan fingerprint density at radius 2 is 2.10 bits per heavy atom. The SMILES string of the molecule is CC[C@H](C)[C@H](N)C(=O)Nc1ccc(F)cc1C(=O)OC. The van der Waals surface area contributed by atoms with Gasteiger partial charge >= 0.3 is 5.97 Å². The first-order valence-electron chi connectivity index (χ1n) is 6.35. The van der Waals surface area contributed by atoms with E-state index in [0.717, 1.165) is 18.6 Å². The van der Waals surface area contributed by atoms with Gasteiger partial charge in [0, 0.05) is 0 Å². The number of carbonyl (C=O) groups is 2. The maximum absolute atomic E-state index is 13.2. The standard InChI is InChI=1S/C14H19FN2O3/c1-4-8(2)12(16)13(18)17-11-6-5-9(15)7-10(11)14(19)20-3/h5-8,12H,4,16H2,1-3H3,(H,17,18)/t8-,12-/m0/s1. The van der Waals surface area contributed by atoms with Crippen LogP contribution in [-0.4, -0.2) is 25.0 Å². The number of carbonyl (C=O) groups excluding carboxylic acids is 2. The number of esters is 1. The topological polar surface area (TPSA) is 81.4 Å². The Kier molecular flexibility index (Phi) is 5.64. The van der Waals surface area contributed by atoms with Crippen molar-refractivity contribution < 1.29 is 18.7 Å². The van der Waals surface area contributed by atoms with Crippen LogP contribution in [0.3, 0.4) is 0 Å². The molecule has 0 bridgehead atoms. The van der Waals surface area contributed by atoms with Gasteiger partial charge in [-0.1, -0.05) is 20.3 Å².